The fourth-order valence-electron chi connectivity index (χ4n) is 1.57. The number of nitrogens with two attached hydrogens (primary N) is 1. The van der Waals surface area contributed by atoms with E-state index in [4.69, 9.17) is 5.73 Å². The molecule has 2 rings (SSSR count). The van der Waals surface area contributed by atoms with E-state index in [2.05, 4.69) is 9.97 Å². The van der Waals surface area contributed by atoms with Crippen LogP contribution in [0.15, 0.2) is 43.0 Å². The van der Waals surface area contributed by atoms with E-state index in [0.717, 1.165) is 5.56 Å². The smallest absolute Gasteiger partial charge is 0.146 e. The standard InChI is InChI=1S/C12H12FN3/c13-11-8-16-5-3-10(11)12(14)6-9-2-1-4-15-7-9/h1-5,7-8,12H,6,14H2. The van der Waals surface area contributed by atoms with E-state index in [9.17, 15) is 4.39 Å². The van der Waals surface area contributed by atoms with Crippen molar-refractivity contribution in [2.45, 2.75) is 12.5 Å². The van der Waals surface area contributed by atoms with Crippen molar-refractivity contribution in [3.8, 4) is 0 Å². The number of hydrogen-bond acceptors (Lipinski definition) is 3. The van der Waals surface area contributed by atoms with E-state index in [0.29, 0.717) is 12.0 Å². The maximum absolute atomic E-state index is 13.4. The van der Waals surface area contributed by atoms with Crippen molar-refractivity contribution >= 4 is 0 Å². The van der Waals surface area contributed by atoms with Gasteiger partial charge in [0.05, 0.1) is 6.20 Å². The summed E-state index contributed by atoms with van der Waals surface area (Å²) in [5.41, 5.74) is 7.41. The molecule has 3 nitrogen and oxygen atoms in total. The van der Waals surface area contributed by atoms with Crippen LogP contribution in [0.25, 0.3) is 0 Å². The lowest BCUT2D eigenvalue weighted by molar-refractivity contribution is 0.574. The molecule has 16 heavy (non-hydrogen) atoms. The van der Waals surface area contributed by atoms with E-state index in [1.165, 1.54) is 6.20 Å². The van der Waals surface area contributed by atoms with Crippen LogP contribution in [0.3, 0.4) is 0 Å². The van der Waals surface area contributed by atoms with Gasteiger partial charge in [-0.1, -0.05) is 6.07 Å². The van der Waals surface area contributed by atoms with Crippen molar-refractivity contribution in [1.29, 1.82) is 0 Å². The molecule has 0 aliphatic carbocycles. The van der Waals surface area contributed by atoms with Gasteiger partial charge in [-0.2, -0.15) is 0 Å². The van der Waals surface area contributed by atoms with E-state index in [-0.39, 0.29) is 11.9 Å². The van der Waals surface area contributed by atoms with Gasteiger partial charge in [0.2, 0.25) is 0 Å². The Labute approximate surface area is 93.2 Å². The van der Waals surface area contributed by atoms with Crippen LogP contribution in [0.5, 0.6) is 0 Å². The highest BCUT2D eigenvalue weighted by Crippen LogP contribution is 2.17. The fraction of sp³-hybridized carbons (Fsp3) is 0.167. The summed E-state index contributed by atoms with van der Waals surface area (Å²) >= 11 is 0. The van der Waals surface area contributed by atoms with Crippen LogP contribution in [0.4, 0.5) is 4.39 Å². The van der Waals surface area contributed by atoms with Crippen molar-refractivity contribution in [1.82, 2.24) is 9.97 Å². The summed E-state index contributed by atoms with van der Waals surface area (Å²) in [6.07, 6.45) is 6.72. The predicted octanol–water partition coefficient (Wildman–Crippen LogP) is 1.86. The Hall–Kier alpha value is -1.81. The van der Waals surface area contributed by atoms with Crippen molar-refractivity contribution in [2.75, 3.05) is 0 Å². The Morgan fingerprint density at radius 3 is 2.69 bits per heavy atom. The molecule has 2 aromatic heterocycles. The molecule has 2 aromatic rings. The summed E-state index contributed by atoms with van der Waals surface area (Å²) in [6, 6.07) is 5.00. The molecule has 2 heterocycles. The van der Waals surface area contributed by atoms with Crippen LogP contribution in [-0.4, -0.2) is 9.97 Å². The number of pyridine rings is 2. The number of aromatic nitrogens is 2. The van der Waals surface area contributed by atoms with Gasteiger partial charge < -0.3 is 5.73 Å². The van der Waals surface area contributed by atoms with Gasteiger partial charge in [-0.25, -0.2) is 4.39 Å². The van der Waals surface area contributed by atoms with Gasteiger partial charge in [0.15, 0.2) is 0 Å². The number of rotatable bonds is 3. The minimum absolute atomic E-state index is 0.362. The summed E-state index contributed by atoms with van der Waals surface area (Å²) < 4.78 is 13.4. The summed E-state index contributed by atoms with van der Waals surface area (Å²) in [7, 11) is 0. The monoisotopic (exact) mass is 217 g/mol. The zero-order valence-corrected chi connectivity index (χ0v) is 8.68. The second-order valence-corrected chi connectivity index (χ2v) is 3.57. The SMILES string of the molecule is NC(Cc1cccnc1)c1ccncc1F. The van der Waals surface area contributed by atoms with Crippen LogP contribution < -0.4 is 5.73 Å². The van der Waals surface area contributed by atoms with Crippen LogP contribution in [0, 0.1) is 5.82 Å². The van der Waals surface area contributed by atoms with Gasteiger partial charge in [0.25, 0.3) is 0 Å². The quantitative estimate of drug-likeness (QED) is 0.853. The normalized spacial score (nSPS) is 12.4. The number of nitrogens with zero attached hydrogens (tertiary/aromatic N) is 2. The molecule has 1 unspecified atom stereocenters. The lowest BCUT2D eigenvalue weighted by Crippen LogP contribution is -2.15. The first-order valence-corrected chi connectivity index (χ1v) is 5.01. The Kier molecular flexibility index (Phi) is 3.22. The van der Waals surface area contributed by atoms with E-state index >= 15 is 0 Å². The van der Waals surface area contributed by atoms with Crippen molar-refractivity contribution < 1.29 is 4.39 Å². The topological polar surface area (TPSA) is 51.8 Å². The van der Waals surface area contributed by atoms with Crippen molar-refractivity contribution in [2.24, 2.45) is 5.73 Å². The maximum Gasteiger partial charge on any atom is 0.146 e. The van der Waals surface area contributed by atoms with E-state index in [1.807, 2.05) is 12.1 Å². The summed E-state index contributed by atoms with van der Waals surface area (Å²) in [6.45, 7) is 0. The first-order valence-electron chi connectivity index (χ1n) is 5.01. The molecule has 0 aliphatic rings. The van der Waals surface area contributed by atoms with Gasteiger partial charge in [-0.15, -0.1) is 0 Å². The lowest BCUT2D eigenvalue weighted by atomic mass is 10.0. The van der Waals surface area contributed by atoms with Gasteiger partial charge in [-0.05, 0) is 24.1 Å². The van der Waals surface area contributed by atoms with Crippen molar-refractivity contribution in [3.05, 3.63) is 59.9 Å². The average molecular weight is 217 g/mol. The molecule has 0 radical (unpaired) electrons. The maximum atomic E-state index is 13.4. The molecule has 0 amide bonds. The molecule has 0 fully saturated rings. The number of halogens is 1. The Bertz CT molecular complexity index is 459. The second-order valence-electron chi connectivity index (χ2n) is 3.57. The molecule has 4 heteroatoms. The zero-order chi connectivity index (χ0) is 11.4. The molecule has 2 N–H and O–H groups in total. The highest BCUT2D eigenvalue weighted by atomic mass is 19.1. The Morgan fingerprint density at radius 1 is 1.19 bits per heavy atom. The van der Waals surface area contributed by atoms with Crippen LogP contribution >= 0.6 is 0 Å². The van der Waals surface area contributed by atoms with Gasteiger partial charge in [0, 0.05) is 30.2 Å². The molecular weight excluding hydrogens is 205 g/mol. The first kappa shape index (κ1) is 10.7. The number of hydrogen-bond donors (Lipinski definition) is 1. The van der Waals surface area contributed by atoms with Crippen molar-refractivity contribution in [3.63, 3.8) is 0 Å². The summed E-state index contributed by atoms with van der Waals surface area (Å²) in [5, 5.41) is 0. The Morgan fingerprint density at radius 2 is 2.00 bits per heavy atom. The fourth-order valence-corrected chi connectivity index (χ4v) is 1.57. The molecule has 0 saturated carbocycles. The molecule has 0 saturated heterocycles. The average Bonchev–Trinajstić information content (AvgIpc) is 2.31. The third kappa shape index (κ3) is 2.41. The van der Waals surface area contributed by atoms with Crippen LogP contribution in [-0.2, 0) is 6.42 Å². The Balaban J connectivity index is 2.15. The van der Waals surface area contributed by atoms with E-state index < -0.39 is 0 Å². The molecule has 0 spiro atoms. The molecule has 82 valence electrons. The van der Waals surface area contributed by atoms with Gasteiger partial charge in [-0.3, -0.25) is 9.97 Å². The third-order valence-electron chi connectivity index (χ3n) is 2.38. The summed E-state index contributed by atoms with van der Waals surface area (Å²) in [4.78, 5) is 7.68. The lowest BCUT2D eigenvalue weighted by Gasteiger charge is -2.12. The summed E-state index contributed by atoms with van der Waals surface area (Å²) in [5.74, 6) is -0.362. The minimum Gasteiger partial charge on any atom is -0.324 e. The largest absolute Gasteiger partial charge is 0.324 e. The first-order chi connectivity index (χ1) is 7.77. The zero-order valence-electron chi connectivity index (χ0n) is 8.68. The van der Waals surface area contributed by atoms with Gasteiger partial charge >= 0.3 is 0 Å². The highest BCUT2D eigenvalue weighted by Gasteiger charge is 2.11. The molecule has 0 bridgehead atoms. The molecular formula is C12H12FN3. The van der Waals surface area contributed by atoms with E-state index in [1.54, 1.807) is 24.7 Å². The van der Waals surface area contributed by atoms with Crippen LogP contribution in [0.2, 0.25) is 0 Å². The minimum atomic E-state index is -0.368. The highest BCUT2D eigenvalue weighted by molar-refractivity contribution is 5.20. The predicted molar refractivity (Wildman–Crippen MR) is 59.1 cm³/mol. The molecule has 0 aromatic carbocycles. The van der Waals surface area contributed by atoms with Crippen LogP contribution in [0.1, 0.15) is 17.2 Å². The third-order valence-corrected chi connectivity index (χ3v) is 2.38. The second kappa shape index (κ2) is 4.81. The molecule has 0 aliphatic heterocycles. The van der Waals surface area contributed by atoms with Gasteiger partial charge in [0.1, 0.15) is 5.82 Å². The molecule has 1 atom stereocenters.